The SMILES string of the molecule is CCNC1CC(Oc2cc(C)ccc2Cl)C1. The molecule has 2 rings (SSSR count). The summed E-state index contributed by atoms with van der Waals surface area (Å²) >= 11 is 6.08. The number of aryl methyl sites for hydroxylation is 1. The fourth-order valence-electron chi connectivity index (χ4n) is 2.00. The van der Waals surface area contributed by atoms with Gasteiger partial charge in [0.15, 0.2) is 0 Å². The van der Waals surface area contributed by atoms with Crippen LogP contribution in [-0.4, -0.2) is 18.7 Å². The molecule has 88 valence electrons. The Balaban J connectivity index is 1.89. The van der Waals surface area contributed by atoms with Crippen molar-refractivity contribution in [3.8, 4) is 5.75 Å². The Hall–Kier alpha value is -0.730. The van der Waals surface area contributed by atoms with E-state index in [2.05, 4.69) is 12.2 Å². The van der Waals surface area contributed by atoms with Crippen LogP contribution in [-0.2, 0) is 0 Å². The van der Waals surface area contributed by atoms with Crippen molar-refractivity contribution in [2.75, 3.05) is 6.54 Å². The number of nitrogens with one attached hydrogen (secondary N) is 1. The van der Waals surface area contributed by atoms with E-state index in [-0.39, 0.29) is 0 Å². The summed E-state index contributed by atoms with van der Waals surface area (Å²) in [5, 5.41) is 4.12. The molecule has 1 N–H and O–H groups in total. The monoisotopic (exact) mass is 239 g/mol. The van der Waals surface area contributed by atoms with Crippen molar-refractivity contribution in [1.29, 1.82) is 0 Å². The summed E-state index contributed by atoms with van der Waals surface area (Å²) in [6.07, 6.45) is 2.49. The molecule has 16 heavy (non-hydrogen) atoms. The average Bonchev–Trinajstić information content (AvgIpc) is 2.20. The fraction of sp³-hybridized carbons (Fsp3) is 0.538. The molecule has 2 nitrogen and oxygen atoms in total. The number of hydrogen-bond donors (Lipinski definition) is 1. The van der Waals surface area contributed by atoms with Crippen molar-refractivity contribution in [3.63, 3.8) is 0 Å². The maximum Gasteiger partial charge on any atom is 0.138 e. The predicted molar refractivity (Wildman–Crippen MR) is 67.3 cm³/mol. The van der Waals surface area contributed by atoms with Crippen molar-refractivity contribution < 1.29 is 4.74 Å². The van der Waals surface area contributed by atoms with E-state index in [1.165, 1.54) is 5.56 Å². The lowest BCUT2D eigenvalue weighted by Gasteiger charge is -2.36. The average molecular weight is 240 g/mol. The van der Waals surface area contributed by atoms with E-state index in [1.807, 2.05) is 25.1 Å². The van der Waals surface area contributed by atoms with Crippen LogP contribution in [0.3, 0.4) is 0 Å². The molecule has 1 saturated carbocycles. The summed E-state index contributed by atoms with van der Waals surface area (Å²) in [5.74, 6) is 0.821. The lowest BCUT2D eigenvalue weighted by Crippen LogP contribution is -2.46. The van der Waals surface area contributed by atoms with Gasteiger partial charge in [-0.05, 0) is 44.0 Å². The van der Waals surface area contributed by atoms with E-state index in [1.54, 1.807) is 0 Å². The minimum absolute atomic E-state index is 0.323. The zero-order chi connectivity index (χ0) is 11.5. The van der Waals surface area contributed by atoms with Gasteiger partial charge in [-0.1, -0.05) is 24.6 Å². The Morgan fingerprint density at radius 2 is 2.19 bits per heavy atom. The molecular formula is C13H18ClNO. The fourth-order valence-corrected chi connectivity index (χ4v) is 2.16. The highest BCUT2D eigenvalue weighted by atomic mass is 35.5. The highest BCUT2D eigenvalue weighted by Gasteiger charge is 2.30. The van der Waals surface area contributed by atoms with Crippen molar-refractivity contribution in [3.05, 3.63) is 28.8 Å². The first-order valence-electron chi connectivity index (χ1n) is 5.85. The van der Waals surface area contributed by atoms with Gasteiger partial charge in [-0.15, -0.1) is 0 Å². The largest absolute Gasteiger partial charge is 0.489 e. The highest BCUT2D eigenvalue weighted by molar-refractivity contribution is 6.32. The van der Waals surface area contributed by atoms with Crippen LogP contribution in [0, 0.1) is 6.92 Å². The second-order valence-corrected chi connectivity index (χ2v) is 4.81. The topological polar surface area (TPSA) is 21.3 Å². The summed E-state index contributed by atoms with van der Waals surface area (Å²) in [6, 6.07) is 6.52. The number of rotatable bonds is 4. The lowest BCUT2D eigenvalue weighted by molar-refractivity contribution is 0.0860. The molecule has 0 amide bonds. The number of halogens is 1. The molecule has 0 atom stereocenters. The summed E-state index contributed by atoms with van der Waals surface area (Å²) in [6.45, 7) is 5.21. The lowest BCUT2D eigenvalue weighted by atomic mass is 9.89. The molecule has 0 radical (unpaired) electrons. The minimum Gasteiger partial charge on any atom is -0.489 e. The van der Waals surface area contributed by atoms with Gasteiger partial charge in [0.2, 0.25) is 0 Å². The quantitative estimate of drug-likeness (QED) is 0.872. The van der Waals surface area contributed by atoms with Gasteiger partial charge in [0.25, 0.3) is 0 Å². The van der Waals surface area contributed by atoms with Gasteiger partial charge in [-0.2, -0.15) is 0 Å². The van der Waals surface area contributed by atoms with E-state index in [0.29, 0.717) is 17.2 Å². The van der Waals surface area contributed by atoms with Crippen LogP contribution in [0.1, 0.15) is 25.3 Å². The first kappa shape index (κ1) is 11.7. The van der Waals surface area contributed by atoms with E-state index in [4.69, 9.17) is 16.3 Å². The van der Waals surface area contributed by atoms with Crippen LogP contribution in [0.4, 0.5) is 0 Å². The number of ether oxygens (including phenoxy) is 1. The van der Waals surface area contributed by atoms with E-state index >= 15 is 0 Å². The molecule has 1 fully saturated rings. The zero-order valence-electron chi connectivity index (χ0n) is 9.79. The third kappa shape index (κ3) is 2.69. The molecular weight excluding hydrogens is 222 g/mol. The molecule has 1 aromatic rings. The third-order valence-corrected chi connectivity index (χ3v) is 3.28. The Labute approximate surface area is 102 Å². The predicted octanol–water partition coefficient (Wildman–Crippen LogP) is 3.17. The second kappa shape index (κ2) is 5.07. The van der Waals surface area contributed by atoms with Crippen LogP contribution in [0.5, 0.6) is 5.75 Å². The first-order chi connectivity index (χ1) is 7.69. The van der Waals surface area contributed by atoms with Gasteiger partial charge in [0.1, 0.15) is 11.9 Å². The summed E-state index contributed by atoms with van der Waals surface area (Å²) in [5.41, 5.74) is 1.18. The molecule has 0 heterocycles. The smallest absolute Gasteiger partial charge is 0.138 e. The Morgan fingerprint density at radius 1 is 1.44 bits per heavy atom. The molecule has 0 aromatic heterocycles. The van der Waals surface area contributed by atoms with Gasteiger partial charge in [-0.3, -0.25) is 0 Å². The normalized spacial score (nSPS) is 23.9. The molecule has 0 unspecified atom stereocenters. The van der Waals surface area contributed by atoms with E-state index < -0.39 is 0 Å². The van der Waals surface area contributed by atoms with Crippen molar-refractivity contribution in [2.24, 2.45) is 0 Å². The number of hydrogen-bond acceptors (Lipinski definition) is 2. The van der Waals surface area contributed by atoms with E-state index in [9.17, 15) is 0 Å². The summed E-state index contributed by atoms with van der Waals surface area (Å²) in [4.78, 5) is 0. The molecule has 0 bridgehead atoms. The third-order valence-electron chi connectivity index (χ3n) is 2.97. The van der Waals surface area contributed by atoms with Gasteiger partial charge in [0, 0.05) is 6.04 Å². The zero-order valence-corrected chi connectivity index (χ0v) is 10.6. The Bertz CT molecular complexity index is 361. The molecule has 0 spiro atoms. The van der Waals surface area contributed by atoms with Crippen molar-refractivity contribution in [2.45, 2.75) is 38.8 Å². The number of benzene rings is 1. The van der Waals surface area contributed by atoms with E-state index in [0.717, 1.165) is 25.1 Å². The van der Waals surface area contributed by atoms with Crippen molar-refractivity contribution in [1.82, 2.24) is 5.32 Å². The Kier molecular flexibility index (Phi) is 3.72. The summed E-state index contributed by atoms with van der Waals surface area (Å²) < 4.78 is 5.87. The Morgan fingerprint density at radius 3 is 2.88 bits per heavy atom. The molecule has 1 aliphatic carbocycles. The van der Waals surface area contributed by atoms with Gasteiger partial charge < -0.3 is 10.1 Å². The van der Waals surface area contributed by atoms with Crippen molar-refractivity contribution >= 4 is 11.6 Å². The van der Waals surface area contributed by atoms with Crippen LogP contribution in [0.25, 0.3) is 0 Å². The standard InChI is InChI=1S/C13H18ClNO/c1-3-15-10-7-11(8-10)16-13-6-9(2)4-5-12(13)14/h4-6,10-11,15H,3,7-8H2,1-2H3. The maximum absolute atomic E-state index is 6.08. The van der Waals surface area contributed by atoms with Crippen LogP contribution in [0.15, 0.2) is 18.2 Å². The molecule has 1 aromatic carbocycles. The second-order valence-electron chi connectivity index (χ2n) is 4.40. The maximum atomic E-state index is 6.08. The summed E-state index contributed by atoms with van der Waals surface area (Å²) in [7, 11) is 0. The van der Waals surface area contributed by atoms with Gasteiger partial charge in [-0.25, -0.2) is 0 Å². The molecule has 1 aliphatic rings. The van der Waals surface area contributed by atoms with Crippen LogP contribution < -0.4 is 10.1 Å². The molecule has 0 saturated heterocycles. The molecule has 3 heteroatoms. The first-order valence-corrected chi connectivity index (χ1v) is 6.23. The van der Waals surface area contributed by atoms with Crippen LogP contribution in [0.2, 0.25) is 5.02 Å². The van der Waals surface area contributed by atoms with Crippen LogP contribution >= 0.6 is 11.6 Å². The highest BCUT2D eigenvalue weighted by Crippen LogP contribution is 2.31. The van der Waals surface area contributed by atoms with Gasteiger partial charge >= 0.3 is 0 Å². The molecule has 0 aliphatic heterocycles. The van der Waals surface area contributed by atoms with Gasteiger partial charge in [0.05, 0.1) is 5.02 Å². The minimum atomic E-state index is 0.323.